The number of nitrogens with zero attached hydrogens (tertiary/aromatic N) is 2. The summed E-state index contributed by atoms with van der Waals surface area (Å²) in [5.41, 5.74) is 2.97. The Hall–Kier alpha value is -4.31. The highest BCUT2D eigenvalue weighted by molar-refractivity contribution is 5.86. The maximum atomic E-state index is 5.94. The van der Waals surface area contributed by atoms with Gasteiger partial charge in [0, 0.05) is 11.9 Å². The van der Waals surface area contributed by atoms with E-state index in [4.69, 9.17) is 9.47 Å². The number of fused-ring (bicyclic) bond motifs is 1. The number of benzene rings is 4. The van der Waals surface area contributed by atoms with Gasteiger partial charge in [-0.05, 0) is 71.4 Å². The van der Waals surface area contributed by atoms with Gasteiger partial charge in [0.15, 0.2) is 11.5 Å². The molecule has 0 bridgehead atoms. The molecule has 4 nitrogen and oxygen atoms in total. The Kier molecular flexibility index (Phi) is 5.41. The number of methoxy groups -OCH3 is 1. The molecule has 0 amide bonds. The van der Waals surface area contributed by atoms with E-state index in [9.17, 15) is 0 Å². The molecular formula is C28H22N2O2. The van der Waals surface area contributed by atoms with Crippen LogP contribution in [0, 0.1) is 0 Å². The molecule has 0 saturated carbocycles. The third-order valence-corrected chi connectivity index (χ3v) is 5.27. The van der Waals surface area contributed by atoms with Gasteiger partial charge in [0.25, 0.3) is 0 Å². The highest BCUT2D eigenvalue weighted by Crippen LogP contribution is 2.31. The maximum absolute atomic E-state index is 5.94. The summed E-state index contributed by atoms with van der Waals surface area (Å²) in [6.07, 6.45) is 3.93. The van der Waals surface area contributed by atoms with Gasteiger partial charge < -0.3 is 14.0 Å². The Bertz CT molecular complexity index is 1380. The molecule has 4 heteroatoms. The first-order valence-electron chi connectivity index (χ1n) is 10.4. The monoisotopic (exact) mass is 418 g/mol. The Morgan fingerprint density at radius 3 is 2.28 bits per heavy atom. The van der Waals surface area contributed by atoms with Crippen molar-refractivity contribution < 1.29 is 9.47 Å². The molecule has 0 aliphatic rings. The van der Waals surface area contributed by atoms with Crippen molar-refractivity contribution >= 4 is 22.7 Å². The summed E-state index contributed by atoms with van der Waals surface area (Å²) in [4.78, 5) is 4.65. The van der Waals surface area contributed by atoms with Gasteiger partial charge in [-0.1, -0.05) is 42.5 Å². The van der Waals surface area contributed by atoms with E-state index in [0.29, 0.717) is 11.5 Å². The molecule has 5 rings (SSSR count). The van der Waals surface area contributed by atoms with Crippen molar-refractivity contribution in [2.45, 2.75) is 0 Å². The molecule has 0 radical (unpaired) electrons. The minimum atomic E-state index is 0.680. The lowest BCUT2D eigenvalue weighted by molar-refractivity contribution is 0.379. The van der Waals surface area contributed by atoms with E-state index in [1.54, 1.807) is 7.11 Å². The SMILES string of the molecule is COc1ccccc1Oc1ccc(N=Cc2cccn2-c2ccc3ccccc3c2)cc1. The lowest BCUT2D eigenvalue weighted by atomic mass is 10.1. The molecule has 32 heavy (non-hydrogen) atoms. The zero-order valence-electron chi connectivity index (χ0n) is 17.7. The molecule has 0 atom stereocenters. The van der Waals surface area contributed by atoms with E-state index in [1.165, 1.54) is 10.8 Å². The quantitative estimate of drug-likeness (QED) is 0.274. The number of para-hydroxylation sites is 2. The molecule has 0 aliphatic carbocycles. The van der Waals surface area contributed by atoms with Crippen molar-refractivity contribution in [1.29, 1.82) is 0 Å². The Morgan fingerprint density at radius 1 is 0.719 bits per heavy atom. The zero-order chi connectivity index (χ0) is 21.8. The van der Waals surface area contributed by atoms with Crippen LogP contribution >= 0.6 is 0 Å². The van der Waals surface area contributed by atoms with E-state index >= 15 is 0 Å². The molecule has 5 aromatic rings. The molecule has 0 saturated heterocycles. The first-order valence-corrected chi connectivity index (χ1v) is 10.4. The highest BCUT2D eigenvalue weighted by atomic mass is 16.5. The fraction of sp³-hybridized carbons (Fsp3) is 0.0357. The van der Waals surface area contributed by atoms with Gasteiger partial charge in [0.05, 0.1) is 24.7 Å². The molecule has 156 valence electrons. The van der Waals surface area contributed by atoms with Crippen molar-refractivity contribution in [3.05, 3.63) is 115 Å². The van der Waals surface area contributed by atoms with Crippen molar-refractivity contribution in [2.75, 3.05) is 7.11 Å². The molecule has 0 aliphatic heterocycles. The molecule has 1 aromatic heterocycles. The second-order valence-electron chi connectivity index (χ2n) is 7.34. The van der Waals surface area contributed by atoms with Gasteiger partial charge in [-0.2, -0.15) is 0 Å². The van der Waals surface area contributed by atoms with Crippen molar-refractivity contribution in [3.63, 3.8) is 0 Å². The van der Waals surface area contributed by atoms with E-state index in [0.717, 1.165) is 22.8 Å². The normalized spacial score (nSPS) is 11.2. The van der Waals surface area contributed by atoms with Crippen molar-refractivity contribution in [1.82, 2.24) is 4.57 Å². The van der Waals surface area contributed by atoms with Crippen LogP contribution in [-0.4, -0.2) is 17.9 Å². The first-order chi connectivity index (χ1) is 15.8. The Balaban J connectivity index is 1.34. The zero-order valence-corrected chi connectivity index (χ0v) is 17.7. The summed E-state index contributed by atoms with van der Waals surface area (Å²) in [5.74, 6) is 2.11. The number of ether oxygens (including phenoxy) is 2. The van der Waals surface area contributed by atoms with Gasteiger partial charge in [-0.25, -0.2) is 0 Å². The molecule has 4 aromatic carbocycles. The van der Waals surface area contributed by atoms with Crippen LogP contribution in [0.4, 0.5) is 5.69 Å². The summed E-state index contributed by atoms with van der Waals surface area (Å²) in [5, 5.41) is 2.45. The highest BCUT2D eigenvalue weighted by Gasteiger charge is 2.05. The predicted molar refractivity (Wildman–Crippen MR) is 130 cm³/mol. The largest absolute Gasteiger partial charge is 0.493 e. The fourth-order valence-electron chi connectivity index (χ4n) is 3.63. The van der Waals surface area contributed by atoms with Gasteiger partial charge in [0.1, 0.15) is 5.75 Å². The average molecular weight is 418 g/mol. The van der Waals surface area contributed by atoms with Crippen molar-refractivity contribution in [2.24, 2.45) is 4.99 Å². The maximum Gasteiger partial charge on any atom is 0.169 e. The van der Waals surface area contributed by atoms with Gasteiger partial charge in [-0.3, -0.25) is 4.99 Å². The molecular weight excluding hydrogens is 396 g/mol. The second kappa shape index (κ2) is 8.82. The van der Waals surface area contributed by atoms with Crippen LogP contribution < -0.4 is 9.47 Å². The average Bonchev–Trinajstić information content (AvgIpc) is 3.32. The van der Waals surface area contributed by atoms with Crippen LogP contribution in [0.2, 0.25) is 0 Å². The summed E-state index contributed by atoms with van der Waals surface area (Å²) < 4.78 is 13.4. The van der Waals surface area contributed by atoms with E-state index in [1.807, 2.05) is 60.8 Å². The van der Waals surface area contributed by atoms with Gasteiger partial charge in [0.2, 0.25) is 0 Å². The number of hydrogen-bond acceptors (Lipinski definition) is 3. The van der Waals surface area contributed by atoms with E-state index in [2.05, 4.69) is 64.3 Å². The molecule has 0 N–H and O–H groups in total. The smallest absolute Gasteiger partial charge is 0.169 e. The standard InChI is InChI=1S/C28H22N2O2/c1-31-27-10-4-5-11-28(27)32-26-16-13-23(14-17-26)29-20-25-9-6-18-30(25)24-15-12-21-7-2-3-8-22(21)19-24/h2-20H,1H3. The lowest BCUT2D eigenvalue weighted by Crippen LogP contribution is -1.97. The van der Waals surface area contributed by atoms with E-state index < -0.39 is 0 Å². The Morgan fingerprint density at radius 2 is 1.47 bits per heavy atom. The van der Waals surface area contributed by atoms with Crippen LogP contribution in [0.25, 0.3) is 16.5 Å². The predicted octanol–water partition coefficient (Wildman–Crippen LogP) is 7.18. The molecule has 0 fully saturated rings. The van der Waals surface area contributed by atoms with Crippen LogP contribution in [0.3, 0.4) is 0 Å². The van der Waals surface area contributed by atoms with E-state index in [-0.39, 0.29) is 0 Å². The molecule has 0 spiro atoms. The third kappa shape index (κ3) is 4.12. The topological polar surface area (TPSA) is 35.8 Å². The van der Waals surface area contributed by atoms with Gasteiger partial charge >= 0.3 is 0 Å². The number of hydrogen-bond donors (Lipinski definition) is 0. The summed E-state index contributed by atoms with van der Waals surface area (Å²) in [6, 6.07) is 34.2. The third-order valence-electron chi connectivity index (χ3n) is 5.27. The van der Waals surface area contributed by atoms with Crippen LogP contribution in [0.15, 0.2) is 114 Å². The molecule has 0 unspecified atom stereocenters. The van der Waals surface area contributed by atoms with Crippen molar-refractivity contribution in [3.8, 4) is 22.9 Å². The Labute approximate surface area is 187 Å². The first kappa shape index (κ1) is 19.6. The number of rotatable bonds is 6. The fourth-order valence-corrected chi connectivity index (χ4v) is 3.63. The van der Waals surface area contributed by atoms with Crippen LogP contribution in [0.5, 0.6) is 17.2 Å². The minimum Gasteiger partial charge on any atom is -0.493 e. The second-order valence-corrected chi connectivity index (χ2v) is 7.34. The minimum absolute atomic E-state index is 0.680. The van der Waals surface area contributed by atoms with Gasteiger partial charge in [-0.15, -0.1) is 0 Å². The lowest BCUT2D eigenvalue weighted by Gasteiger charge is -2.10. The van der Waals surface area contributed by atoms with Crippen LogP contribution in [0.1, 0.15) is 5.69 Å². The van der Waals surface area contributed by atoms with Crippen LogP contribution in [-0.2, 0) is 0 Å². The number of aliphatic imine (C=N–C) groups is 1. The number of aromatic nitrogens is 1. The summed E-state index contributed by atoms with van der Waals surface area (Å²) in [7, 11) is 1.63. The summed E-state index contributed by atoms with van der Waals surface area (Å²) >= 11 is 0. The summed E-state index contributed by atoms with van der Waals surface area (Å²) in [6.45, 7) is 0. The molecule has 1 heterocycles.